The maximum absolute atomic E-state index is 11.4. The van der Waals surface area contributed by atoms with Crippen LogP contribution in [-0.2, 0) is 4.74 Å². The van der Waals surface area contributed by atoms with E-state index in [0.29, 0.717) is 18.6 Å². The maximum atomic E-state index is 11.4. The minimum Gasteiger partial charge on any atom is -0.389 e. The van der Waals surface area contributed by atoms with Gasteiger partial charge in [0.25, 0.3) is 0 Å². The van der Waals surface area contributed by atoms with Crippen molar-refractivity contribution in [3.63, 3.8) is 0 Å². The van der Waals surface area contributed by atoms with Crippen molar-refractivity contribution >= 4 is 0 Å². The van der Waals surface area contributed by atoms with E-state index in [-0.39, 0.29) is 11.5 Å². The highest BCUT2D eigenvalue weighted by atomic mass is 16.5. The summed E-state index contributed by atoms with van der Waals surface area (Å²) >= 11 is 0. The molecule has 2 saturated heterocycles. The van der Waals surface area contributed by atoms with Crippen molar-refractivity contribution in [1.82, 2.24) is 0 Å². The van der Waals surface area contributed by atoms with Crippen LogP contribution in [0.5, 0.6) is 0 Å². The van der Waals surface area contributed by atoms with Gasteiger partial charge < -0.3 is 15.6 Å². The van der Waals surface area contributed by atoms with E-state index in [4.69, 9.17) is 10.5 Å². The molecule has 0 aromatic heterocycles. The Bertz CT molecular complexity index is 334. The third-order valence-corrected chi connectivity index (χ3v) is 6.13. The molecule has 6 atom stereocenters. The van der Waals surface area contributed by atoms with Gasteiger partial charge in [0, 0.05) is 12.0 Å². The van der Waals surface area contributed by atoms with Gasteiger partial charge in [0.05, 0.1) is 17.8 Å². The summed E-state index contributed by atoms with van der Waals surface area (Å²) in [6.07, 6.45) is 6.93. The van der Waals surface area contributed by atoms with E-state index in [9.17, 15) is 5.11 Å². The molecule has 3 N–H and O–H groups in total. The average Bonchev–Trinajstić information content (AvgIpc) is 2.95. The molecule has 2 heterocycles. The molecule has 3 aliphatic rings. The zero-order valence-corrected chi connectivity index (χ0v) is 11.7. The monoisotopic (exact) mass is 253 g/mol. The van der Waals surface area contributed by atoms with Gasteiger partial charge in [-0.25, -0.2) is 0 Å². The fourth-order valence-corrected chi connectivity index (χ4v) is 5.02. The van der Waals surface area contributed by atoms with E-state index in [1.165, 1.54) is 0 Å². The van der Waals surface area contributed by atoms with Crippen molar-refractivity contribution in [1.29, 1.82) is 0 Å². The maximum Gasteiger partial charge on any atom is 0.0767 e. The van der Waals surface area contributed by atoms with Crippen LogP contribution in [0.3, 0.4) is 0 Å². The second-order valence-electron chi connectivity index (χ2n) is 7.09. The van der Waals surface area contributed by atoms with Gasteiger partial charge in [0.2, 0.25) is 0 Å². The molecule has 3 fully saturated rings. The molecule has 2 bridgehead atoms. The quantitative estimate of drug-likeness (QED) is 0.792. The zero-order chi connectivity index (χ0) is 13.0. The fraction of sp³-hybridized carbons (Fsp3) is 1.00. The van der Waals surface area contributed by atoms with Crippen molar-refractivity contribution in [3.8, 4) is 0 Å². The van der Waals surface area contributed by atoms with Crippen LogP contribution >= 0.6 is 0 Å². The van der Waals surface area contributed by atoms with Crippen LogP contribution in [0.25, 0.3) is 0 Å². The van der Waals surface area contributed by atoms with Gasteiger partial charge in [0.1, 0.15) is 0 Å². The van der Waals surface area contributed by atoms with Crippen molar-refractivity contribution < 1.29 is 9.84 Å². The van der Waals surface area contributed by atoms with Gasteiger partial charge in [-0.3, -0.25) is 0 Å². The Hall–Kier alpha value is -0.120. The molecule has 3 nitrogen and oxygen atoms in total. The number of hydrogen-bond donors (Lipinski definition) is 2. The van der Waals surface area contributed by atoms with Gasteiger partial charge in [-0.15, -0.1) is 0 Å². The van der Waals surface area contributed by atoms with Crippen LogP contribution in [0.2, 0.25) is 0 Å². The summed E-state index contributed by atoms with van der Waals surface area (Å²) in [5.41, 5.74) is 5.35. The highest BCUT2D eigenvalue weighted by Crippen LogP contribution is 2.58. The van der Waals surface area contributed by atoms with Crippen LogP contribution < -0.4 is 5.73 Å². The van der Waals surface area contributed by atoms with Gasteiger partial charge >= 0.3 is 0 Å². The molecule has 104 valence electrons. The number of fused-ring (bicyclic) bond motifs is 2. The van der Waals surface area contributed by atoms with Gasteiger partial charge in [0.15, 0.2) is 0 Å². The molecule has 0 aromatic rings. The Kier molecular flexibility index (Phi) is 3.00. The molecule has 1 aliphatic carbocycles. The van der Waals surface area contributed by atoms with Crippen LogP contribution in [-0.4, -0.2) is 29.5 Å². The largest absolute Gasteiger partial charge is 0.389 e. The predicted octanol–water partition coefficient (Wildman–Crippen LogP) is 2.07. The number of nitrogens with two attached hydrogens (primary N) is 1. The van der Waals surface area contributed by atoms with Crippen LogP contribution in [0, 0.1) is 17.3 Å². The first kappa shape index (κ1) is 12.9. The molecular formula is C15H27NO2. The standard InChI is InChI=1S/C15H27NO2/c1-10-5-6-15(17,11(2)7-10)14(9-16)8-12-3-4-13(14)18-12/h10-13,17H,3-9,16H2,1-2H3. The highest BCUT2D eigenvalue weighted by molar-refractivity contribution is 5.14. The van der Waals surface area contributed by atoms with Gasteiger partial charge in [-0.1, -0.05) is 13.8 Å². The van der Waals surface area contributed by atoms with Crippen LogP contribution in [0.4, 0.5) is 0 Å². The third kappa shape index (κ3) is 1.53. The lowest BCUT2D eigenvalue weighted by molar-refractivity contribution is -0.166. The lowest BCUT2D eigenvalue weighted by Crippen LogP contribution is -2.62. The molecular weight excluding hydrogens is 226 g/mol. The fourth-order valence-electron chi connectivity index (χ4n) is 5.02. The lowest BCUT2D eigenvalue weighted by atomic mass is 9.54. The van der Waals surface area contributed by atoms with E-state index in [1.807, 2.05) is 0 Å². The van der Waals surface area contributed by atoms with E-state index < -0.39 is 5.60 Å². The SMILES string of the molecule is CC1CCC(O)(C2(CN)CC3CCC2O3)C(C)C1. The zero-order valence-electron chi connectivity index (χ0n) is 11.7. The molecule has 0 aromatic carbocycles. The number of ether oxygens (including phenoxy) is 1. The Balaban J connectivity index is 1.91. The van der Waals surface area contributed by atoms with E-state index >= 15 is 0 Å². The Labute approximate surface area is 110 Å². The molecule has 0 amide bonds. The van der Waals surface area contributed by atoms with E-state index in [0.717, 1.165) is 44.4 Å². The van der Waals surface area contributed by atoms with Crippen LogP contribution in [0.15, 0.2) is 0 Å². The molecule has 1 saturated carbocycles. The number of aliphatic hydroxyl groups is 1. The number of rotatable bonds is 2. The molecule has 6 unspecified atom stereocenters. The van der Waals surface area contributed by atoms with E-state index in [1.54, 1.807) is 0 Å². The van der Waals surface area contributed by atoms with Crippen molar-refractivity contribution in [2.75, 3.05) is 6.54 Å². The molecule has 0 radical (unpaired) electrons. The number of hydrogen-bond acceptors (Lipinski definition) is 3. The molecule has 18 heavy (non-hydrogen) atoms. The Morgan fingerprint density at radius 1 is 1.28 bits per heavy atom. The van der Waals surface area contributed by atoms with Crippen molar-refractivity contribution in [3.05, 3.63) is 0 Å². The first-order valence-corrected chi connectivity index (χ1v) is 7.60. The summed E-state index contributed by atoms with van der Waals surface area (Å²) in [5, 5.41) is 11.4. The second-order valence-corrected chi connectivity index (χ2v) is 7.09. The highest BCUT2D eigenvalue weighted by Gasteiger charge is 2.63. The average molecular weight is 253 g/mol. The first-order chi connectivity index (χ1) is 8.52. The Morgan fingerprint density at radius 3 is 2.56 bits per heavy atom. The van der Waals surface area contributed by atoms with Crippen molar-refractivity contribution in [2.45, 2.75) is 70.2 Å². The summed E-state index contributed by atoms with van der Waals surface area (Å²) in [6.45, 7) is 5.07. The molecule has 2 aliphatic heterocycles. The summed E-state index contributed by atoms with van der Waals surface area (Å²) in [4.78, 5) is 0. The third-order valence-electron chi connectivity index (χ3n) is 6.13. The van der Waals surface area contributed by atoms with E-state index in [2.05, 4.69) is 13.8 Å². The smallest absolute Gasteiger partial charge is 0.0767 e. The first-order valence-electron chi connectivity index (χ1n) is 7.60. The Morgan fingerprint density at radius 2 is 2.06 bits per heavy atom. The van der Waals surface area contributed by atoms with Gasteiger partial charge in [-0.05, 0) is 50.4 Å². The predicted molar refractivity (Wildman–Crippen MR) is 71.1 cm³/mol. The van der Waals surface area contributed by atoms with Crippen LogP contribution in [0.1, 0.15) is 52.4 Å². The summed E-state index contributed by atoms with van der Waals surface area (Å²) in [5.74, 6) is 1.07. The summed E-state index contributed by atoms with van der Waals surface area (Å²) < 4.78 is 6.03. The topological polar surface area (TPSA) is 55.5 Å². The molecule has 3 heteroatoms. The van der Waals surface area contributed by atoms with Crippen molar-refractivity contribution in [2.24, 2.45) is 23.0 Å². The van der Waals surface area contributed by atoms with Gasteiger partial charge in [-0.2, -0.15) is 0 Å². The second kappa shape index (κ2) is 4.19. The molecule has 0 spiro atoms. The summed E-state index contributed by atoms with van der Waals surface area (Å²) in [6, 6.07) is 0. The minimum absolute atomic E-state index is 0.171. The minimum atomic E-state index is -0.603. The lowest BCUT2D eigenvalue weighted by Gasteiger charge is -2.54. The molecule has 3 rings (SSSR count). The normalized spacial score (nSPS) is 56.0. The summed E-state index contributed by atoms with van der Waals surface area (Å²) in [7, 11) is 0.